The van der Waals surface area contributed by atoms with E-state index in [-0.39, 0.29) is 11.9 Å². The SMILES string of the molecule is Cc1ncc(C(=N)N)c(NC(C)C)n1. The largest absolute Gasteiger partial charge is 0.384 e. The number of nitrogens with one attached hydrogen (secondary N) is 2. The lowest BCUT2D eigenvalue weighted by Crippen LogP contribution is -2.19. The van der Waals surface area contributed by atoms with Crippen molar-refractivity contribution in [3.63, 3.8) is 0 Å². The van der Waals surface area contributed by atoms with E-state index in [0.29, 0.717) is 17.2 Å². The first-order chi connectivity index (χ1) is 6.50. The molecule has 0 unspecified atom stereocenters. The summed E-state index contributed by atoms with van der Waals surface area (Å²) in [5, 5.41) is 10.5. The van der Waals surface area contributed by atoms with Crippen molar-refractivity contribution in [2.45, 2.75) is 26.8 Å². The minimum absolute atomic E-state index is 0.0202. The first-order valence-corrected chi connectivity index (χ1v) is 4.45. The van der Waals surface area contributed by atoms with Crippen molar-refractivity contribution in [1.82, 2.24) is 9.97 Å². The van der Waals surface area contributed by atoms with Gasteiger partial charge in [0.05, 0.1) is 5.56 Å². The lowest BCUT2D eigenvalue weighted by molar-refractivity contribution is 0.879. The second-order valence-electron chi connectivity index (χ2n) is 3.39. The lowest BCUT2D eigenvalue weighted by Gasteiger charge is -2.12. The van der Waals surface area contributed by atoms with Crippen molar-refractivity contribution in [2.75, 3.05) is 5.32 Å². The van der Waals surface area contributed by atoms with Crippen LogP contribution in [-0.2, 0) is 0 Å². The number of rotatable bonds is 3. The van der Waals surface area contributed by atoms with Gasteiger partial charge in [-0.15, -0.1) is 0 Å². The Labute approximate surface area is 83.3 Å². The van der Waals surface area contributed by atoms with Gasteiger partial charge in [0.1, 0.15) is 17.5 Å². The molecule has 5 nitrogen and oxygen atoms in total. The topological polar surface area (TPSA) is 87.7 Å². The Morgan fingerprint density at radius 3 is 2.71 bits per heavy atom. The fraction of sp³-hybridized carbons (Fsp3) is 0.444. The quantitative estimate of drug-likeness (QED) is 0.491. The average molecular weight is 193 g/mol. The molecule has 1 rings (SSSR count). The van der Waals surface area contributed by atoms with E-state index in [0.717, 1.165) is 0 Å². The number of anilines is 1. The van der Waals surface area contributed by atoms with Gasteiger partial charge in [0.25, 0.3) is 0 Å². The summed E-state index contributed by atoms with van der Waals surface area (Å²) in [6.45, 7) is 5.80. The molecule has 1 heterocycles. The van der Waals surface area contributed by atoms with Crippen molar-refractivity contribution in [3.8, 4) is 0 Å². The zero-order chi connectivity index (χ0) is 10.7. The molecule has 0 atom stereocenters. The molecular weight excluding hydrogens is 178 g/mol. The van der Waals surface area contributed by atoms with E-state index < -0.39 is 0 Å². The molecule has 76 valence electrons. The van der Waals surface area contributed by atoms with E-state index in [4.69, 9.17) is 11.1 Å². The molecule has 0 spiro atoms. The van der Waals surface area contributed by atoms with Gasteiger partial charge in [-0.3, -0.25) is 5.41 Å². The lowest BCUT2D eigenvalue weighted by atomic mass is 10.2. The minimum atomic E-state index is -0.0202. The van der Waals surface area contributed by atoms with E-state index in [2.05, 4.69) is 15.3 Å². The Balaban J connectivity index is 3.09. The third-order valence-electron chi connectivity index (χ3n) is 1.62. The number of aromatic nitrogens is 2. The van der Waals surface area contributed by atoms with Crippen LogP contribution >= 0.6 is 0 Å². The van der Waals surface area contributed by atoms with Gasteiger partial charge in [0, 0.05) is 12.2 Å². The van der Waals surface area contributed by atoms with E-state index >= 15 is 0 Å². The third kappa shape index (κ3) is 2.42. The summed E-state index contributed by atoms with van der Waals surface area (Å²) < 4.78 is 0. The van der Waals surface area contributed by atoms with Crippen LogP contribution in [0.1, 0.15) is 25.2 Å². The molecule has 0 amide bonds. The summed E-state index contributed by atoms with van der Waals surface area (Å²) in [5.74, 6) is 1.27. The van der Waals surface area contributed by atoms with Crippen LogP contribution < -0.4 is 11.1 Å². The van der Waals surface area contributed by atoms with Gasteiger partial charge in [-0.25, -0.2) is 9.97 Å². The molecule has 0 aromatic carbocycles. The third-order valence-corrected chi connectivity index (χ3v) is 1.62. The number of nitrogen functional groups attached to an aromatic ring is 1. The zero-order valence-corrected chi connectivity index (χ0v) is 8.63. The maximum absolute atomic E-state index is 7.35. The minimum Gasteiger partial charge on any atom is -0.384 e. The predicted molar refractivity (Wildman–Crippen MR) is 56.5 cm³/mol. The van der Waals surface area contributed by atoms with Crippen LogP contribution in [0.5, 0.6) is 0 Å². The van der Waals surface area contributed by atoms with Crippen molar-refractivity contribution < 1.29 is 0 Å². The van der Waals surface area contributed by atoms with Crippen LogP contribution in [0, 0.1) is 12.3 Å². The molecule has 4 N–H and O–H groups in total. The van der Waals surface area contributed by atoms with Crippen molar-refractivity contribution in [2.24, 2.45) is 5.73 Å². The van der Waals surface area contributed by atoms with Crippen LogP contribution in [0.2, 0.25) is 0 Å². The summed E-state index contributed by atoms with van der Waals surface area (Å²) in [4.78, 5) is 8.19. The average Bonchev–Trinajstić information content (AvgIpc) is 2.01. The molecule has 1 aromatic heterocycles. The number of amidine groups is 1. The van der Waals surface area contributed by atoms with Gasteiger partial charge in [-0.2, -0.15) is 0 Å². The summed E-state index contributed by atoms with van der Waals surface area (Å²) >= 11 is 0. The number of hydrogen-bond donors (Lipinski definition) is 3. The summed E-state index contributed by atoms with van der Waals surface area (Å²) in [6.07, 6.45) is 1.56. The second kappa shape index (κ2) is 4.04. The fourth-order valence-electron chi connectivity index (χ4n) is 1.05. The maximum Gasteiger partial charge on any atom is 0.140 e. The maximum atomic E-state index is 7.35. The molecule has 0 bridgehead atoms. The van der Waals surface area contributed by atoms with Gasteiger partial charge < -0.3 is 11.1 Å². The monoisotopic (exact) mass is 193 g/mol. The Morgan fingerprint density at radius 1 is 1.57 bits per heavy atom. The molecule has 0 aliphatic carbocycles. The number of hydrogen-bond acceptors (Lipinski definition) is 4. The van der Waals surface area contributed by atoms with Crippen LogP contribution in [0.25, 0.3) is 0 Å². The van der Waals surface area contributed by atoms with E-state index in [9.17, 15) is 0 Å². The Morgan fingerprint density at radius 2 is 2.21 bits per heavy atom. The van der Waals surface area contributed by atoms with Crippen LogP contribution in [0.4, 0.5) is 5.82 Å². The normalized spacial score (nSPS) is 10.3. The highest BCUT2D eigenvalue weighted by atomic mass is 15.0. The van der Waals surface area contributed by atoms with Crippen LogP contribution in [-0.4, -0.2) is 21.8 Å². The molecule has 14 heavy (non-hydrogen) atoms. The summed E-state index contributed by atoms with van der Waals surface area (Å²) in [7, 11) is 0. The molecule has 5 heteroatoms. The van der Waals surface area contributed by atoms with Gasteiger partial charge >= 0.3 is 0 Å². The molecule has 0 radical (unpaired) electrons. The van der Waals surface area contributed by atoms with E-state index in [1.165, 1.54) is 0 Å². The zero-order valence-electron chi connectivity index (χ0n) is 8.63. The Kier molecular flexibility index (Phi) is 3.01. The summed E-state index contributed by atoms with van der Waals surface area (Å²) in [6, 6.07) is 0.252. The van der Waals surface area contributed by atoms with E-state index in [1.807, 2.05) is 13.8 Å². The number of nitrogens with two attached hydrogens (primary N) is 1. The standard InChI is InChI=1S/C9H15N5/c1-5(2)13-9-7(8(10)11)4-12-6(3)14-9/h4-5H,1-3H3,(H3,10,11)(H,12,13,14). The number of aryl methyl sites for hydroxylation is 1. The van der Waals surface area contributed by atoms with Gasteiger partial charge in [0.2, 0.25) is 0 Å². The highest BCUT2D eigenvalue weighted by Gasteiger charge is 2.08. The van der Waals surface area contributed by atoms with E-state index in [1.54, 1.807) is 13.1 Å². The molecule has 0 saturated heterocycles. The van der Waals surface area contributed by atoms with Gasteiger partial charge in [0.15, 0.2) is 0 Å². The van der Waals surface area contributed by atoms with Crippen LogP contribution in [0.15, 0.2) is 6.20 Å². The molecule has 0 fully saturated rings. The molecular formula is C9H15N5. The number of nitrogens with zero attached hydrogens (tertiary/aromatic N) is 2. The molecule has 1 aromatic rings. The summed E-state index contributed by atoms with van der Waals surface area (Å²) in [5.41, 5.74) is 5.95. The van der Waals surface area contributed by atoms with Gasteiger partial charge in [-0.1, -0.05) is 0 Å². The van der Waals surface area contributed by atoms with Crippen LogP contribution in [0.3, 0.4) is 0 Å². The van der Waals surface area contributed by atoms with Crippen molar-refractivity contribution >= 4 is 11.7 Å². The van der Waals surface area contributed by atoms with Crippen molar-refractivity contribution in [3.05, 3.63) is 17.6 Å². The fourth-order valence-corrected chi connectivity index (χ4v) is 1.05. The Bertz CT molecular complexity index is 345. The first-order valence-electron chi connectivity index (χ1n) is 4.45. The highest BCUT2D eigenvalue weighted by Crippen LogP contribution is 2.11. The van der Waals surface area contributed by atoms with Crippen molar-refractivity contribution in [1.29, 1.82) is 5.41 Å². The molecule has 0 aliphatic heterocycles. The Hall–Kier alpha value is -1.65. The molecule has 0 saturated carbocycles. The first kappa shape index (κ1) is 10.4. The van der Waals surface area contributed by atoms with Gasteiger partial charge in [-0.05, 0) is 20.8 Å². The highest BCUT2D eigenvalue weighted by molar-refractivity contribution is 5.99. The smallest absolute Gasteiger partial charge is 0.140 e. The molecule has 0 aliphatic rings. The second-order valence-corrected chi connectivity index (χ2v) is 3.39. The predicted octanol–water partition coefficient (Wildman–Crippen LogP) is 0.889.